The fraction of sp³-hybridized carbons (Fsp3) is 0.333. The maximum absolute atomic E-state index is 5.71. The highest BCUT2D eigenvalue weighted by Gasteiger charge is 2.04. The third-order valence-electron chi connectivity index (χ3n) is 3.91. The van der Waals surface area contributed by atoms with E-state index in [1.807, 2.05) is 57.6 Å². The lowest BCUT2D eigenvalue weighted by Crippen LogP contribution is -2.32. The van der Waals surface area contributed by atoms with Gasteiger partial charge in [0.05, 0.1) is 18.8 Å². The van der Waals surface area contributed by atoms with Crippen molar-refractivity contribution < 1.29 is 4.74 Å². The third kappa shape index (κ3) is 8.06. The van der Waals surface area contributed by atoms with E-state index < -0.39 is 0 Å². The Balaban J connectivity index is 0.00000300. The first-order chi connectivity index (χ1) is 13.6. The molecular weight excluding hydrogens is 497 g/mol. The van der Waals surface area contributed by atoms with E-state index in [-0.39, 0.29) is 30.1 Å². The van der Waals surface area contributed by atoms with Crippen LogP contribution in [0.5, 0.6) is 5.75 Å². The molecule has 0 atom stereocenters. The van der Waals surface area contributed by atoms with Crippen molar-refractivity contribution in [1.29, 1.82) is 0 Å². The van der Waals surface area contributed by atoms with Crippen LogP contribution in [0.15, 0.2) is 59.2 Å². The molecular formula is C21H28IN5OS. The van der Waals surface area contributed by atoms with Gasteiger partial charge in [-0.1, -0.05) is 6.07 Å². The first-order valence-electron chi connectivity index (χ1n) is 9.40. The Labute approximate surface area is 193 Å². The van der Waals surface area contributed by atoms with Crippen LogP contribution in [0.1, 0.15) is 24.3 Å². The molecule has 0 radical (unpaired) electrons. The van der Waals surface area contributed by atoms with Gasteiger partial charge in [-0.2, -0.15) is 5.10 Å². The van der Waals surface area contributed by atoms with E-state index in [1.165, 1.54) is 4.88 Å². The smallest absolute Gasteiger partial charge is 0.196 e. The van der Waals surface area contributed by atoms with Crippen molar-refractivity contribution in [3.63, 3.8) is 0 Å². The predicted octanol–water partition coefficient (Wildman–Crippen LogP) is 4.69. The zero-order valence-corrected chi connectivity index (χ0v) is 20.1. The van der Waals surface area contributed by atoms with Crippen LogP contribution in [0.25, 0.3) is 0 Å². The number of hydrogen-bond acceptors (Lipinski definition) is 4. The van der Waals surface area contributed by atoms with Crippen molar-refractivity contribution in [2.24, 2.45) is 12.0 Å². The summed E-state index contributed by atoms with van der Waals surface area (Å²) in [5.41, 5.74) is 2.03. The number of guanidine groups is 1. The Hall–Kier alpha value is -2.07. The predicted molar refractivity (Wildman–Crippen MR) is 132 cm³/mol. The van der Waals surface area contributed by atoms with Crippen molar-refractivity contribution in [2.75, 3.05) is 11.9 Å². The minimum Gasteiger partial charge on any atom is -0.491 e. The third-order valence-corrected chi connectivity index (χ3v) is 4.85. The Bertz CT molecular complexity index is 875. The van der Waals surface area contributed by atoms with Crippen molar-refractivity contribution in [2.45, 2.75) is 32.9 Å². The molecule has 0 aliphatic heterocycles. The number of ether oxygens (including phenoxy) is 1. The Morgan fingerprint density at radius 3 is 2.66 bits per heavy atom. The first kappa shape index (κ1) is 23.2. The number of aryl methyl sites for hydroxylation is 1. The van der Waals surface area contributed by atoms with Crippen LogP contribution in [0.4, 0.5) is 5.69 Å². The van der Waals surface area contributed by atoms with Crippen LogP contribution < -0.4 is 15.4 Å². The molecule has 0 amide bonds. The lowest BCUT2D eigenvalue weighted by atomic mass is 10.3. The number of rotatable bonds is 8. The van der Waals surface area contributed by atoms with E-state index >= 15 is 0 Å². The SMILES string of the molecule is CC(C)Oc1ccc(NC(=NCc2cnn(C)c2)NCCc2cccs2)cc1.I. The molecule has 0 spiro atoms. The van der Waals surface area contributed by atoms with Crippen LogP contribution in [-0.2, 0) is 20.0 Å². The van der Waals surface area contributed by atoms with Gasteiger partial charge in [0.2, 0.25) is 0 Å². The van der Waals surface area contributed by atoms with Crippen molar-refractivity contribution in [3.05, 3.63) is 64.6 Å². The van der Waals surface area contributed by atoms with E-state index in [9.17, 15) is 0 Å². The molecule has 3 rings (SSSR count). The fourth-order valence-electron chi connectivity index (χ4n) is 2.65. The summed E-state index contributed by atoms with van der Waals surface area (Å²) < 4.78 is 7.49. The number of hydrogen-bond donors (Lipinski definition) is 2. The molecule has 0 aliphatic carbocycles. The second-order valence-corrected chi connectivity index (χ2v) is 7.79. The quantitative estimate of drug-likeness (QED) is 0.255. The summed E-state index contributed by atoms with van der Waals surface area (Å²) in [5.74, 6) is 1.61. The van der Waals surface area contributed by atoms with Crippen molar-refractivity contribution >= 4 is 47.0 Å². The molecule has 29 heavy (non-hydrogen) atoms. The van der Waals surface area contributed by atoms with Gasteiger partial charge in [0.15, 0.2) is 5.96 Å². The van der Waals surface area contributed by atoms with Gasteiger partial charge in [0, 0.05) is 35.9 Å². The largest absolute Gasteiger partial charge is 0.491 e. The molecule has 8 heteroatoms. The number of nitrogens with one attached hydrogen (secondary N) is 2. The van der Waals surface area contributed by atoms with Crippen LogP contribution in [0.2, 0.25) is 0 Å². The van der Waals surface area contributed by atoms with E-state index in [0.29, 0.717) is 6.54 Å². The van der Waals surface area contributed by atoms with Crippen LogP contribution in [-0.4, -0.2) is 28.4 Å². The molecule has 0 aliphatic rings. The van der Waals surface area contributed by atoms with Gasteiger partial charge in [-0.25, -0.2) is 4.99 Å². The average Bonchev–Trinajstić information content (AvgIpc) is 3.32. The van der Waals surface area contributed by atoms with Crippen LogP contribution >= 0.6 is 35.3 Å². The summed E-state index contributed by atoms with van der Waals surface area (Å²) in [4.78, 5) is 6.06. The number of benzene rings is 1. The van der Waals surface area contributed by atoms with Gasteiger partial charge in [0.1, 0.15) is 5.75 Å². The van der Waals surface area contributed by atoms with Gasteiger partial charge in [0.25, 0.3) is 0 Å². The molecule has 0 saturated carbocycles. The topological polar surface area (TPSA) is 63.5 Å². The minimum absolute atomic E-state index is 0. The zero-order valence-electron chi connectivity index (χ0n) is 17.0. The molecule has 156 valence electrons. The van der Waals surface area contributed by atoms with Gasteiger partial charge in [-0.3, -0.25) is 4.68 Å². The number of aliphatic imine (C=N–C) groups is 1. The molecule has 3 aromatic rings. The van der Waals surface area contributed by atoms with Gasteiger partial charge in [-0.05, 0) is 56.0 Å². The monoisotopic (exact) mass is 525 g/mol. The van der Waals surface area contributed by atoms with Gasteiger partial charge < -0.3 is 15.4 Å². The molecule has 0 bridgehead atoms. The van der Waals surface area contributed by atoms with Crippen molar-refractivity contribution in [1.82, 2.24) is 15.1 Å². The van der Waals surface area contributed by atoms with Gasteiger partial charge in [-0.15, -0.1) is 35.3 Å². The summed E-state index contributed by atoms with van der Waals surface area (Å²) in [5, 5.41) is 13.1. The van der Waals surface area contributed by atoms with Crippen molar-refractivity contribution in [3.8, 4) is 5.75 Å². The van der Waals surface area contributed by atoms with Crippen LogP contribution in [0, 0.1) is 0 Å². The molecule has 2 heterocycles. The Kier molecular flexibility index (Phi) is 9.46. The molecule has 2 N–H and O–H groups in total. The normalized spacial score (nSPS) is 11.2. The molecule has 1 aromatic carbocycles. The second-order valence-electron chi connectivity index (χ2n) is 6.76. The van der Waals surface area contributed by atoms with E-state index in [2.05, 4.69) is 33.2 Å². The summed E-state index contributed by atoms with van der Waals surface area (Å²) in [6.07, 6.45) is 4.94. The fourth-order valence-corrected chi connectivity index (χ4v) is 3.36. The average molecular weight is 525 g/mol. The lowest BCUT2D eigenvalue weighted by molar-refractivity contribution is 0.242. The standard InChI is InChI=1S/C21H27N5OS.HI/c1-16(2)27-19-8-6-18(7-9-19)25-21(22-11-10-20-5-4-12-28-20)23-13-17-14-24-26(3)15-17;/h4-9,12,14-16H,10-11,13H2,1-3H3,(H2,22,23,25);1H. The van der Waals surface area contributed by atoms with E-state index in [4.69, 9.17) is 9.73 Å². The lowest BCUT2D eigenvalue weighted by Gasteiger charge is -2.14. The zero-order chi connectivity index (χ0) is 19.8. The summed E-state index contributed by atoms with van der Waals surface area (Å²) in [7, 11) is 1.91. The highest BCUT2D eigenvalue weighted by Crippen LogP contribution is 2.17. The molecule has 0 fully saturated rings. The molecule has 2 aromatic heterocycles. The molecule has 0 saturated heterocycles. The van der Waals surface area contributed by atoms with Gasteiger partial charge >= 0.3 is 0 Å². The molecule has 0 unspecified atom stereocenters. The maximum Gasteiger partial charge on any atom is 0.196 e. The van der Waals surface area contributed by atoms with E-state index in [0.717, 1.165) is 35.9 Å². The number of aromatic nitrogens is 2. The summed E-state index contributed by atoms with van der Waals surface area (Å²) >= 11 is 1.77. The maximum atomic E-state index is 5.71. The van der Waals surface area contributed by atoms with E-state index in [1.54, 1.807) is 16.0 Å². The number of thiophene rings is 1. The summed E-state index contributed by atoms with van der Waals surface area (Å²) in [6.45, 7) is 5.42. The first-order valence-corrected chi connectivity index (χ1v) is 10.3. The number of halogens is 1. The Morgan fingerprint density at radius 1 is 1.24 bits per heavy atom. The summed E-state index contributed by atoms with van der Waals surface area (Å²) in [6, 6.07) is 12.2. The highest BCUT2D eigenvalue weighted by molar-refractivity contribution is 14.0. The highest BCUT2D eigenvalue weighted by atomic mass is 127. The number of nitrogens with zero attached hydrogens (tertiary/aromatic N) is 3. The van der Waals surface area contributed by atoms with Crippen LogP contribution in [0.3, 0.4) is 0 Å². The minimum atomic E-state index is 0. The Morgan fingerprint density at radius 2 is 2.03 bits per heavy atom. The number of anilines is 1. The molecule has 6 nitrogen and oxygen atoms in total. The second kappa shape index (κ2) is 11.8.